The van der Waals surface area contributed by atoms with Crippen molar-refractivity contribution >= 4 is 29.1 Å². The molecule has 7 heteroatoms. The molecule has 1 heterocycles. The molecule has 1 atom stereocenters. The van der Waals surface area contributed by atoms with E-state index in [0.717, 1.165) is 11.3 Å². The second-order valence-corrected chi connectivity index (χ2v) is 7.67. The molecule has 2 aromatic rings. The van der Waals surface area contributed by atoms with Gasteiger partial charge in [-0.1, -0.05) is 32.0 Å². The highest BCUT2D eigenvalue weighted by Crippen LogP contribution is 2.28. The van der Waals surface area contributed by atoms with Crippen molar-refractivity contribution < 1.29 is 19.1 Å². The van der Waals surface area contributed by atoms with Gasteiger partial charge in [-0.3, -0.25) is 14.4 Å². The van der Waals surface area contributed by atoms with E-state index in [9.17, 15) is 14.4 Å². The summed E-state index contributed by atoms with van der Waals surface area (Å²) in [5.41, 5.74) is 2.29. The standard InChI is InChI=1S/C23H27N3O4/c1-15(2)22(28)25-18-7-4-6-16(10-18)13-24-23(29)17-11-21(27)26(14-17)19-8-5-9-20(12-19)30-3/h4-10,12,15,17H,11,13-14H2,1-3H3,(H,24,29)(H,25,28). The second kappa shape index (κ2) is 9.43. The second-order valence-electron chi connectivity index (χ2n) is 7.67. The number of rotatable bonds is 7. The van der Waals surface area contributed by atoms with Gasteiger partial charge in [0.25, 0.3) is 0 Å². The lowest BCUT2D eigenvalue weighted by atomic mass is 10.1. The number of nitrogens with one attached hydrogen (secondary N) is 2. The molecule has 0 aromatic heterocycles. The highest BCUT2D eigenvalue weighted by molar-refractivity contribution is 6.00. The van der Waals surface area contributed by atoms with E-state index in [1.54, 1.807) is 18.1 Å². The minimum absolute atomic E-state index is 0.0571. The van der Waals surface area contributed by atoms with Crippen LogP contribution in [0.3, 0.4) is 0 Å². The van der Waals surface area contributed by atoms with Crippen LogP contribution in [0.4, 0.5) is 11.4 Å². The normalized spacial score (nSPS) is 15.9. The van der Waals surface area contributed by atoms with E-state index in [-0.39, 0.29) is 30.1 Å². The van der Waals surface area contributed by atoms with Crippen LogP contribution in [0.2, 0.25) is 0 Å². The minimum Gasteiger partial charge on any atom is -0.497 e. The maximum Gasteiger partial charge on any atom is 0.227 e. The number of hydrogen-bond acceptors (Lipinski definition) is 4. The van der Waals surface area contributed by atoms with E-state index in [1.807, 2.05) is 56.3 Å². The van der Waals surface area contributed by atoms with Crippen LogP contribution in [0.15, 0.2) is 48.5 Å². The molecule has 30 heavy (non-hydrogen) atoms. The van der Waals surface area contributed by atoms with Gasteiger partial charge < -0.3 is 20.3 Å². The number of hydrogen-bond donors (Lipinski definition) is 2. The van der Waals surface area contributed by atoms with Crippen LogP contribution in [0, 0.1) is 11.8 Å². The van der Waals surface area contributed by atoms with E-state index < -0.39 is 5.92 Å². The Kier molecular flexibility index (Phi) is 6.72. The molecule has 0 saturated carbocycles. The Balaban J connectivity index is 1.58. The summed E-state index contributed by atoms with van der Waals surface area (Å²) in [6, 6.07) is 14.6. The summed E-state index contributed by atoms with van der Waals surface area (Å²) in [5, 5.41) is 5.75. The monoisotopic (exact) mass is 409 g/mol. The Morgan fingerprint density at radius 2 is 1.93 bits per heavy atom. The molecule has 0 bridgehead atoms. The number of carbonyl (C=O) groups is 3. The molecule has 0 radical (unpaired) electrons. The number of carbonyl (C=O) groups excluding carboxylic acids is 3. The third kappa shape index (κ3) is 5.17. The van der Waals surface area contributed by atoms with E-state index >= 15 is 0 Å². The van der Waals surface area contributed by atoms with Crippen LogP contribution < -0.4 is 20.3 Å². The van der Waals surface area contributed by atoms with Gasteiger partial charge in [-0.25, -0.2) is 0 Å². The first-order valence-electron chi connectivity index (χ1n) is 9.99. The van der Waals surface area contributed by atoms with Crippen LogP contribution >= 0.6 is 0 Å². The molecule has 1 saturated heterocycles. The van der Waals surface area contributed by atoms with Crippen molar-refractivity contribution in [2.45, 2.75) is 26.8 Å². The SMILES string of the molecule is COc1cccc(N2CC(C(=O)NCc3cccc(NC(=O)C(C)C)c3)CC2=O)c1. The molecule has 0 aliphatic carbocycles. The van der Waals surface area contributed by atoms with E-state index in [2.05, 4.69) is 10.6 Å². The van der Waals surface area contributed by atoms with Gasteiger partial charge in [0.2, 0.25) is 17.7 Å². The van der Waals surface area contributed by atoms with Gasteiger partial charge in [0.05, 0.1) is 13.0 Å². The van der Waals surface area contributed by atoms with Gasteiger partial charge in [-0.15, -0.1) is 0 Å². The predicted octanol–water partition coefficient (Wildman–Crippen LogP) is 2.96. The molecule has 3 amide bonds. The van der Waals surface area contributed by atoms with Crippen molar-refractivity contribution in [2.75, 3.05) is 23.9 Å². The third-order valence-electron chi connectivity index (χ3n) is 5.05. The molecule has 1 fully saturated rings. The average Bonchev–Trinajstić information content (AvgIpc) is 3.14. The lowest BCUT2D eigenvalue weighted by Gasteiger charge is -2.17. The summed E-state index contributed by atoms with van der Waals surface area (Å²) in [5.74, 6) is -0.156. The average molecular weight is 409 g/mol. The highest BCUT2D eigenvalue weighted by Gasteiger charge is 2.35. The number of ether oxygens (including phenoxy) is 1. The lowest BCUT2D eigenvalue weighted by molar-refractivity contribution is -0.126. The summed E-state index contributed by atoms with van der Waals surface area (Å²) in [4.78, 5) is 38.5. The molecule has 1 unspecified atom stereocenters. The van der Waals surface area contributed by atoms with E-state index in [0.29, 0.717) is 24.5 Å². The van der Waals surface area contributed by atoms with Gasteiger partial charge in [-0.2, -0.15) is 0 Å². The molecule has 2 aromatic carbocycles. The molecule has 3 rings (SSSR count). The van der Waals surface area contributed by atoms with Crippen LogP contribution in [0.1, 0.15) is 25.8 Å². The van der Waals surface area contributed by atoms with Crippen LogP contribution in [-0.2, 0) is 20.9 Å². The minimum atomic E-state index is -0.410. The zero-order valence-electron chi connectivity index (χ0n) is 17.5. The topological polar surface area (TPSA) is 87.7 Å². The van der Waals surface area contributed by atoms with Gasteiger partial charge in [0.1, 0.15) is 5.75 Å². The number of methoxy groups -OCH3 is 1. The summed E-state index contributed by atoms with van der Waals surface area (Å²) >= 11 is 0. The number of benzene rings is 2. The van der Waals surface area contributed by atoms with Crippen molar-refractivity contribution in [2.24, 2.45) is 11.8 Å². The fourth-order valence-corrected chi connectivity index (χ4v) is 3.29. The molecule has 1 aliphatic heterocycles. The van der Waals surface area contributed by atoms with Crippen LogP contribution in [0.25, 0.3) is 0 Å². The zero-order valence-corrected chi connectivity index (χ0v) is 17.5. The summed E-state index contributed by atoms with van der Waals surface area (Å²) < 4.78 is 5.21. The molecule has 1 aliphatic rings. The predicted molar refractivity (Wildman–Crippen MR) is 115 cm³/mol. The van der Waals surface area contributed by atoms with Gasteiger partial charge in [0, 0.05) is 42.9 Å². The highest BCUT2D eigenvalue weighted by atomic mass is 16.5. The van der Waals surface area contributed by atoms with Crippen molar-refractivity contribution in [3.63, 3.8) is 0 Å². The number of anilines is 2. The quantitative estimate of drug-likeness (QED) is 0.736. The van der Waals surface area contributed by atoms with Gasteiger partial charge >= 0.3 is 0 Å². The van der Waals surface area contributed by atoms with Crippen molar-refractivity contribution in [3.05, 3.63) is 54.1 Å². The Morgan fingerprint density at radius 3 is 2.67 bits per heavy atom. The Bertz CT molecular complexity index is 942. The summed E-state index contributed by atoms with van der Waals surface area (Å²) in [6.07, 6.45) is 0.174. The number of nitrogens with zero attached hydrogens (tertiary/aromatic N) is 1. The molecule has 7 nitrogen and oxygen atoms in total. The largest absolute Gasteiger partial charge is 0.497 e. The third-order valence-corrected chi connectivity index (χ3v) is 5.05. The fraction of sp³-hybridized carbons (Fsp3) is 0.348. The van der Waals surface area contributed by atoms with Gasteiger partial charge in [0.15, 0.2) is 0 Å². The summed E-state index contributed by atoms with van der Waals surface area (Å²) in [6.45, 7) is 4.32. The van der Waals surface area contributed by atoms with Gasteiger partial charge in [-0.05, 0) is 29.8 Å². The lowest BCUT2D eigenvalue weighted by Crippen LogP contribution is -2.32. The smallest absolute Gasteiger partial charge is 0.227 e. The van der Waals surface area contributed by atoms with Crippen LogP contribution in [0.5, 0.6) is 5.75 Å². The summed E-state index contributed by atoms with van der Waals surface area (Å²) in [7, 11) is 1.57. The van der Waals surface area contributed by atoms with Crippen LogP contribution in [-0.4, -0.2) is 31.4 Å². The van der Waals surface area contributed by atoms with Crippen molar-refractivity contribution in [3.8, 4) is 5.75 Å². The zero-order chi connectivity index (χ0) is 21.7. The fourth-order valence-electron chi connectivity index (χ4n) is 3.29. The first-order chi connectivity index (χ1) is 14.4. The van der Waals surface area contributed by atoms with Crippen molar-refractivity contribution in [1.82, 2.24) is 5.32 Å². The Labute approximate surface area is 176 Å². The number of amides is 3. The Morgan fingerprint density at radius 1 is 1.17 bits per heavy atom. The molecular formula is C23H27N3O4. The maximum absolute atomic E-state index is 12.6. The molecule has 158 valence electrons. The van der Waals surface area contributed by atoms with E-state index in [4.69, 9.17) is 4.74 Å². The first-order valence-corrected chi connectivity index (χ1v) is 9.99. The van der Waals surface area contributed by atoms with E-state index in [1.165, 1.54) is 0 Å². The van der Waals surface area contributed by atoms with Crippen molar-refractivity contribution in [1.29, 1.82) is 0 Å². The molecular weight excluding hydrogens is 382 g/mol. The maximum atomic E-state index is 12.6. The Hall–Kier alpha value is -3.35. The first kappa shape index (κ1) is 21.4. The molecule has 0 spiro atoms. The molecule has 2 N–H and O–H groups in total.